The highest BCUT2D eigenvalue weighted by molar-refractivity contribution is 6.34. The van der Waals surface area contributed by atoms with Crippen LogP contribution in [-0.4, -0.2) is 25.0 Å². The lowest BCUT2D eigenvalue weighted by atomic mass is 10.1. The van der Waals surface area contributed by atoms with E-state index < -0.39 is 11.7 Å². The van der Waals surface area contributed by atoms with Crippen LogP contribution in [0.15, 0.2) is 36.4 Å². The van der Waals surface area contributed by atoms with Gasteiger partial charge in [-0.2, -0.15) is 0 Å². The van der Waals surface area contributed by atoms with Crippen molar-refractivity contribution in [3.63, 3.8) is 0 Å². The first-order valence-electron chi connectivity index (χ1n) is 7.84. The fourth-order valence-electron chi connectivity index (χ4n) is 2.66. The van der Waals surface area contributed by atoms with Crippen LogP contribution in [0, 0.1) is 5.82 Å². The van der Waals surface area contributed by atoms with Crippen LogP contribution in [0.5, 0.6) is 5.75 Å². The van der Waals surface area contributed by atoms with Crippen LogP contribution in [0.25, 0.3) is 0 Å². The number of carbonyl (C=O) groups is 2. The Kier molecular flexibility index (Phi) is 4.90. The van der Waals surface area contributed by atoms with Gasteiger partial charge in [-0.1, -0.05) is 24.6 Å². The molecule has 1 aliphatic heterocycles. The summed E-state index contributed by atoms with van der Waals surface area (Å²) in [6.45, 7) is 2.50. The van der Waals surface area contributed by atoms with Gasteiger partial charge in [-0.15, -0.1) is 0 Å². The number of rotatable bonds is 4. The van der Waals surface area contributed by atoms with E-state index in [0.717, 1.165) is 6.42 Å². The number of benzene rings is 2. The first kappa shape index (κ1) is 17.2. The Morgan fingerprint density at radius 1 is 1.36 bits per heavy atom. The number of nitrogens with zero attached hydrogens (tertiary/aromatic N) is 1. The van der Waals surface area contributed by atoms with Crippen molar-refractivity contribution in [1.82, 2.24) is 0 Å². The van der Waals surface area contributed by atoms with Gasteiger partial charge in [0.2, 0.25) is 0 Å². The van der Waals surface area contributed by atoms with Crippen molar-refractivity contribution in [2.45, 2.75) is 13.3 Å². The molecule has 7 heteroatoms. The van der Waals surface area contributed by atoms with Gasteiger partial charge in [0.1, 0.15) is 11.6 Å². The topological polar surface area (TPSA) is 58.6 Å². The molecule has 0 aromatic heterocycles. The Bertz CT molecular complexity index is 821. The fraction of sp³-hybridized carbons (Fsp3) is 0.222. The summed E-state index contributed by atoms with van der Waals surface area (Å²) in [5.74, 6) is -0.938. The van der Waals surface area contributed by atoms with Crippen LogP contribution in [0.4, 0.5) is 15.8 Å². The third kappa shape index (κ3) is 3.44. The van der Waals surface area contributed by atoms with Crippen LogP contribution in [-0.2, 0) is 4.79 Å². The second-order valence-electron chi connectivity index (χ2n) is 5.57. The van der Waals surface area contributed by atoms with Crippen molar-refractivity contribution < 1.29 is 18.7 Å². The number of ether oxygens (including phenoxy) is 1. The van der Waals surface area contributed by atoms with Crippen LogP contribution in [0.1, 0.15) is 23.7 Å². The first-order chi connectivity index (χ1) is 12.0. The molecule has 5 nitrogen and oxygen atoms in total. The number of amides is 2. The largest absolute Gasteiger partial charge is 0.482 e. The van der Waals surface area contributed by atoms with Crippen molar-refractivity contribution in [2.75, 3.05) is 23.4 Å². The lowest BCUT2D eigenvalue weighted by Gasteiger charge is -2.29. The molecule has 0 bridgehead atoms. The standard InChI is InChI=1S/C18H16ClFN2O3/c1-2-8-22-14-9-11(6-7-15(14)25-10-16(22)23)21-18(24)17-12(19)4-3-5-13(17)20/h3-7,9H,2,8,10H2,1H3,(H,21,24). The van der Waals surface area contributed by atoms with E-state index in [9.17, 15) is 14.0 Å². The van der Waals surface area contributed by atoms with Crippen molar-refractivity contribution in [2.24, 2.45) is 0 Å². The van der Waals surface area contributed by atoms with E-state index in [0.29, 0.717) is 23.7 Å². The Morgan fingerprint density at radius 2 is 2.16 bits per heavy atom. The van der Waals surface area contributed by atoms with Gasteiger partial charge in [-0.25, -0.2) is 4.39 Å². The van der Waals surface area contributed by atoms with Crippen LogP contribution in [0.2, 0.25) is 5.02 Å². The maximum atomic E-state index is 13.9. The zero-order valence-corrected chi connectivity index (χ0v) is 14.3. The van der Waals surface area contributed by atoms with E-state index in [1.165, 1.54) is 18.2 Å². The Hall–Kier alpha value is -2.60. The van der Waals surface area contributed by atoms with Crippen LogP contribution >= 0.6 is 11.6 Å². The molecule has 0 atom stereocenters. The number of hydrogen-bond acceptors (Lipinski definition) is 3. The summed E-state index contributed by atoms with van der Waals surface area (Å²) in [5, 5.41) is 2.64. The number of fused-ring (bicyclic) bond motifs is 1. The van der Waals surface area contributed by atoms with E-state index >= 15 is 0 Å². The number of nitrogens with one attached hydrogen (secondary N) is 1. The monoisotopic (exact) mass is 362 g/mol. The van der Waals surface area contributed by atoms with Gasteiger partial charge in [0.15, 0.2) is 6.61 Å². The quantitative estimate of drug-likeness (QED) is 0.898. The molecule has 2 aromatic carbocycles. The Morgan fingerprint density at radius 3 is 2.88 bits per heavy atom. The van der Waals surface area contributed by atoms with Gasteiger partial charge in [0.05, 0.1) is 16.3 Å². The average Bonchev–Trinajstić information content (AvgIpc) is 2.57. The summed E-state index contributed by atoms with van der Waals surface area (Å²) in [6, 6.07) is 8.98. The maximum Gasteiger partial charge on any atom is 0.265 e. The van der Waals surface area contributed by atoms with Crippen LogP contribution < -0.4 is 15.0 Å². The Labute approximate surface area is 149 Å². The van der Waals surface area contributed by atoms with E-state index in [4.69, 9.17) is 16.3 Å². The molecule has 0 fully saturated rings. The zero-order valence-electron chi connectivity index (χ0n) is 13.5. The van der Waals surface area contributed by atoms with Crippen molar-refractivity contribution in [3.8, 4) is 5.75 Å². The summed E-state index contributed by atoms with van der Waals surface area (Å²) >= 11 is 5.92. The lowest BCUT2D eigenvalue weighted by Crippen LogP contribution is -2.39. The number of halogens is 2. The van der Waals surface area contributed by atoms with Crippen molar-refractivity contribution in [1.29, 1.82) is 0 Å². The smallest absolute Gasteiger partial charge is 0.265 e. The zero-order chi connectivity index (χ0) is 18.0. The normalized spacial score (nSPS) is 13.2. The fourth-order valence-corrected chi connectivity index (χ4v) is 2.91. The van der Waals surface area contributed by atoms with Crippen LogP contribution in [0.3, 0.4) is 0 Å². The summed E-state index contributed by atoms with van der Waals surface area (Å²) < 4.78 is 19.3. The molecule has 3 rings (SSSR count). The van der Waals surface area contributed by atoms with Gasteiger partial charge in [0.25, 0.3) is 11.8 Å². The first-order valence-corrected chi connectivity index (χ1v) is 8.21. The minimum Gasteiger partial charge on any atom is -0.482 e. The molecule has 2 amide bonds. The predicted molar refractivity (Wildman–Crippen MR) is 93.9 cm³/mol. The Balaban J connectivity index is 1.89. The third-order valence-electron chi connectivity index (χ3n) is 3.80. The number of carbonyl (C=O) groups excluding carboxylic acids is 2. The predicted octanol–water partition coefficient (Wildman–Crippen LogP) is 3.87. The summed E-state index contributed by atoms with van der Waals surface area (Å²) in [6.07, 6.45) is 0.784. The van der Waals surface area contributed by atoms with Gasteiger partial charge >= 0.3 is 0 Å². The second kappa shape index (κ2) is 7.11. The molecule has 2 aromatic rings. The molecule has 0 saturated carbocycles. The van der Waals surface area contributed by atoms with E-state index in [1.54, 1.807) is 23.1 Å². The summed E-state index contributed by atoms with van der Waals surface area (Å²) in [7, 11) is 0. The van der Waals surface area contributed by atoms with Crippen molar-refractivity contribution >= 4 is 34.8 Å². The van der Waals surface area contributed by atoms with Gasteiger partial charge in [0, 0.05) is 12.2 Å². The molecular weight excluding hydrogens is 347 g/mol. The molecule has 1 N–H and O–H groups in total. The minimum absolute atomic E-state index is 0.0104. The number of anilines is 2. The molecule has 0 spiro atoms. The minimum atomic E-state index is -0.700. The average molecular weight is 363 g/mol. The van der Waals surface area contributed by atoms with Crippen molar-refractivity contribution in [3.05, 3.63) is 52.8 Å². The molecule has 0 saturated heterocycles. The molecular formula is C18H16ClFN2O3. The maximum absolute atomic E-state index is 13.9. The van der Waals surface area contributed by atoms with E-state index in [2.05, 4.69) is 5.32 Å². The van der Waals surface area contributed by atoms with E-state index in [1.807, 2.05) is 6.92 Å². The molecule has 25 heavy (non-hydrogen) atoms. The van der Waals surface area contributed by atoms with Gasteiger partial charge in [-0.05, 0) is 36.8 Å². The molecule has 0 aliphatic carbocycles. The highest BCUT2D eigenvalue weighted by Crippen LogP contribution is 2.35. The van der Waals surface area contributed by atoms with Gasteiger partial charge in [-0.3, -0.25) is 9.59 Å². The second-order valence-corrected chi connectivity index (χ2v) is 5.97. The lowest BCUT2D eigenvalue weighted by molar-refractivity contribution is -0.121. The molecule has 1 aliphatic rings. The summed E-state index contributed by atoms with van der Waals surface area (Å²) in [5.41, 5.74) is 0.776. The third-order valence-corrected chi connectivity index (χ3v) is 4.11. The SMILES string of the molecule is CCCN1C(=O)COc2ccc(NC(=O)c3c(F)cccc3Cl)cc21. The van der Waals surface area contributed by atoms with E-state index in [-0.39, 0.29) is 23.1 Å². The summed E-state index contributed by atoms with van der Waals surface area (Å²) in [4.78, 5) is 26.0. The molecule has 130 valence electrons. The number of hydrogen-bond donors (Lipinski definition) is 1. The van der Waals surface area contributed by atoms with Gasteiger partial charge < -0.3 is 15.0 Å². The molecule has 0 radical (unpaired) electrons. The molecule has 1 heterocycles. The highest BCUT2D eigenvalue weighted by atomic mass is 35.5. The highest BCUT2D eigenvalue weighted by Gasteiger charge is 2.25. The molecule has 0 unspecified atom stereocenters.